The van der Waals surface area contributed by atoms with Crippen LogP contribution in [0.4, 0.5) is 11.5 Å². The van der Waals surface area contributed by atoms with Gasteiger partial charge in [-0.05, 0) is 30.7 Å². The summed E-state index contributed by atoms with van der Waals surface area (Å²) in [5.41, 5.74) is 1.81. The van der Waals surface area contributed by atoms with Gasteiger partial charge < -0.3 is 14.7 Å². The number of pyridine rings is 1. The lowest BCUT2D eigenvalue weighted by atomic mass is 10.2. The fraction of sp³-hybridized carbons (Fsp3) is 0.267. The lowest BCUT2D eigenvalue weighted by molar-refractivity contribution is 0.199. The van der Waals surface area contributed by atoms with Crippen molar-refractivity contribution in [2.45, 2.75) is 13.0 Å². The highest BCUT2D eigenvalue weighted by Crippen LogP contribution is 2.25. The normalized spacial score (nSPS) is 12.0. The van der Waals surface area contributed by atoms with Gasteiger partial charge >= 0.3 is 0 Å². The molecule has 100 valence electrons. The highest BCUT2D eigenvalue weighted by molar-refractivity contribution is 5.60. The van der Waals surface area contributed by atoms with Crippen LogP contribution in [-0.2, 0) is 0 Å². The van der Waals surface area contributed by atoms with Crippen molar-refractivity contribution in [2.24, 2.45) is 0 Å². The van der Waals surface area contributed by atoms with Crippen LogP contribution < -0.4 is 9.64 Å². The second-order valence-corrected chi connectivity index (χ2v) is 4.39. The Kier molecular flexibility index (Phi) is 4.02. The summed E-state index contributed by atoms with van der Waals surface area (Å²) in [6.07, 6.45) is 1.19. The minimum Gasteiger partial charge on any atom is -0.497 e. The molecule has 0 saturated carbocycles. The second-order valence-electron chi connectivity index (χ2n) is 4.39. The van der Waals surface area contributed by atoms with Crippen molar-refractivity contribution in [3.05, 3.63) is 48.2 Å². The second kappa shape index (κ2) is 5.71. The number of aliphatic hydroxyl groups is 1. The minimum atomic E-state index is -0.497. The van der Waals surface area contributed by atoms with Gasteiger partial charge in [0.05, 0.1) is 13.2 Å². The molecule has 0 bridgehead atoms. The van der Waals surface area contributed by atoms with Crippen molar-refractivity contribution in [3.8, 4) is 5.75 Å². The molecule has 2 aromatic rings. The molecule has 1 aromatic heterocycles. The highest BCUT2D eigenvalue weighted by Gasteiger charge is 2.07. The van der Waals surface area contributed by atoms with Crippen LogP contribution in [-0.4, -0.2) is 24.2 Å². The van der Waals surface area contributed by atoms with Gasteiger partial charge in [-0.2, -0.15) is 0 Å². The molecule has 0 radical (unpaired) electrons. The SMILES string of the molecule is COc1cccc(N(C)c2ccc([C@@H](C)O)cn2)c1. The molecular weight excluding hydrogens is 240 g/mol. The van der Waals surface area contributed by atoms with E-state index in [0.717, 1.165) is 22.8 Å². The Morgan fingerprint density at radius 2 is 2.05 bits per heavy atom. The monoisotopic (exact) mass is 258 g/mol. The van der Waals surface area contributed by atoms with Gasteiger partial charge in [0, 0.05) is 25.0 Å². The van der Waals surface area contributed by atoms with Crippen molar-refractivity contribution >= 4 is 11.5 Å². The lowest BCUT2D eigenvalue weighted by Gasteiger charge is -2.19. The largest absolute Gasteiger partial charge is 0.497 e. The molecule has 4 nitrogen and oxygen atoms in total. The van der Waals surface area contributed by atoms with Crippen LogP contribution in [0, 0.1) is 0 Å². The maximum Gasteiger partial charge on any atom is 0.132 e. The maximum atomic E-state index is 9.47. The number of aliphatic hydroxyl groups excluding tert-OH is 1. The summed E-state index contributed by atoms with van der Waals surface area (Å²) in [7, 11) is 3.59. The summed E-state index contributed by atoms with van der Waals surface area (Å²) < 4.78 is 5.21. The first-order valence-corrected chi connectivity index (χ1v) is 6.13. The summed E-state index contributed by atoms with van der Waals surface area (Å²) in [6.45, 7) is 1.72. The molecule has 4 heteroatoms. The summed E-state index contributed by atoms with van der Waals surface area (Å²) in [5, 5.41) is 9.47. The molecule has 2 rings (SSSR count). The first kappa shape index (κ1) is 13.4. The quantitative estimate of drug-likeness (QED) is 0.916. The summed E-state index contributed by atoms with van der Waals surface area (Å²) in [6, 6.07) is 11.6. The molecule has 1 heterocycles. The topological polar surface area (TPSA) is 45.6 Å². The third-order valence-corrected chi connectivity index (χ3v) is 3.04. The van der Waals surface area contributed by atoms with Crippen LogP contribution in [0.3, 0.4) is 0 Å². The molecule has 0 aliphatic carbocycles. The van der Waals surface area contributed by atoms with E-state index in [-0.39, 0.29) is 0 Å². The predicted molar refractivity (Wildman–Crippen MR) is 75.9 cm³/mol. The molecule has 0 saturated heterocycles. The zero-order valence-electron chi connectivity index (χ0n) is 11.4. The molecule has 0 spiro atoms. The Bertz CT molecular complexity index is 538. The zero-order valence-corrected chi connectivity index (χ0v) is 11.4. The van der Waals surface area contributed by atoms with E-state index in [9.17, 15) is 5.11 Å². The summed E-state index contributed by atoms with van der Waals surface area (Å²) in [5.74, 6) is 1.63. The predicted octanol–water partition coefficient (Wildman–Crippen LogP) is 2.91. The molecule has 0 fully saturated rings. The van der Waals surface area contributed by atoms with Crippen LogP contribution in [0.15, 0.2) is 42.6 Å². The van der Waals surface area contributed by atoms with E-state index in [2.05, 4.69) is 4.98 Å². The maximum absolute atomic E-state index is 9.47. The van der Waals surface area contributed by atoms with Crippen LogP contribution >= 0.6 is 0 Å². The highest BCUT2D eigenvalue weighted by atomic mass is 16.5. The van der Waals surface area contributed by atoms with Crippen molar-refractivity contribution in [1.29, 1.82) is 0 Å². The summed E-state index contributed by atoms with van der Waals surface area (Å²) in [4.78, 5) is 6.32. The van der Waals surface area contributed by atoms with Crippen LogP contribution in [0.1, 0.15) is 18.6 Å². The number of hydrogen-bond acceptors (Lipinski definition) is 4. The van der Waals surface area contributed by atoms with E-state index in [0.29, 0.717) is 0 Å². The Labute approximate surface area is 113 Å². The number of nitrogens with zero attached hydrogens (tertiary/aromatic N) is 2. The van der Waals surface area contributed by atoms with E-state index in [4.69, 9.17) is 4.74 Å². The number of ether oxygens (including phenoxy) is 1. The number of anilines is 2. The fourth-order valence-electron chi connectivity index (χ4n) is 1.79. The Morgan fingerprint density at radius 1 is 1.26 bits per heavy atom. The van der Waals surface area contributed by atoms with Crippen molar-refractivity contribution < 1.29 is 9.84 Å². The average Bonchev–Trinajstić information content (AvgIpc) is 2.46. The zero-order chi connectivity index (χ0) is 13.8. The van der Waals surface area contributed by atoms with Crippen LogP contribution in [0.5, 0.6) is 5.75 Å². The van der Waals surface area contributed by atoms with Gasteiger partial charge in [0.15, 0.2) is 0 Å². The summed E-state index contributed by atoms with van der Waals surface area (Å²) >= 11 is 0. The van der Waals surface area contributed by atoms with E-state index >= 15 is 0 Å². The number of benzene rings is 1. The van der Waals surface area contributed by atoms with Crippen molar-refractivity contribution in [1.82, 2.24) is 4.98 Å². The first-order chi connectivity index (χ1) is 9.11. The number of rotatable bonds is 4. The smallest absolute Gasteiger partial charge is 0.132 e. The number of aromatic nitrogens is 1. The standard InChI is InChI=1S/C15H18N2O2/c1-11(18)12-7-8-15(16-10-12)17(2)13-5-4-6-14(9-13)19-3/h4-11,18H,1-3H3/t11-/m1/s1. The van der Waals surface area contributed by atoms with Gasteiger partial charge in [-0.25, -0.2) is 4.98 Å². The molecule has 0 unspecified atom stereocenters. The lowest BCUT2D eigenvalue weighted by Crippen LogP contribution is -2.11. The van der Waals surface area contributed by atoms with Crippen molar-refractivity contribution in [2.75, 3.05) is 19.1 Å². The number of hydrogen-bond donors (Lipinski definition) is 1. The molecule has 1 aromatic carbocycles. The average molecular weight is 258 g/mol. The minimum absolute atomic E-state index is 0.497. The van der Waals surface area contributed by atoms with Gasteiger partial charge in [0.1, 0.15) is 11.6 Å². The Balaban J connectivity index is 2.25. The third-order valence-electron chi connectivity index (χ3n) is 3.04. The van der Waals surface area contributed by atoms with Gasteiger partial charge in [-0.3, -0.25) is 0 Å². The molecule has 0 aliphatic heterocycles. The van der Waals surface area contributed by atoms with E-state index in [1.807, 2.05) is 48.3 Å². The van der Waals surface area contributed by atoms with Crippen LogP contribution in [0.2, 0.25) is 0 Å². The Morgan fingerprint density at radius 3 is 2.63 bits per heavy atom. The van der Waals surface area contributed by atoms with Crippen LogP contribution in [0.25, 0.3) is 0 Å². The van der Waals surface area contributed by atoms with E-state index < -0.39 is 6.10 Å². The van der Waals surface area contributed by atoms with E-state index in [1.54, 1.807) is 20.2 Å². The molecule has 1 N–H and O–H groups in total. The van der Waals surface area contributed by atoms with Gasteiger partial charge in [-0.15, -0.1) is 0 Å². The third kappa shape index (κ3) is 3.03. The van der Waals surface area contributed by atoms with Gasteiger partial charge in [0.25, 0.3) is 0 Å². The molecule has 0 amide bonds. The molecule has 1 atom stereocenters. The fourth-order valence-corrected chi connectivity index (χ4v) is 1.79. The Hall–Kier alpha value is -2.07. The van der Waals surface area contributed by atoms with E-state index in [1.165, 1.54) is 0 Å². The van der Waals surface area contributed by atoms with Gasteiger partial charge in [-0.1, -0.05) is 12.1 Å². The molecular formula is C15H18N2O2. The van der Waals surface area contributed by atoms with Crippen molar-refractivity contribution in [3.63, 3.8) is 0 Å². The molecule has 19 heavy (non-hydrogen) atoms. The number of methoxy groups -OCH3 is 1. The first-order valence-electron chi connectivity index (χ1n) is 6.13. The van der Waals surface area contributed by atoms with Gasteiger partial charge in [0.2, 0.25) is 0 Å². The molecule has 0 aliphatic rings.